The number of carbonyl (C=O) groups is 4. The number of esters is 3. The van der Waals surface area contributed by atoms with Crippen molar-refractivity contribution in [2.45, 2.75) is 69.7 Å². The smallest absolute Gasteiger partial charge is 0.362 e. The molecule has 1 rings (SSSR count). The molecule has 170 valence electrons. The van der Waals surface area contributed by atoms with Gasteiger partial charge in [0, 0.05) is 0 Å². The van der Waals surface area contributed by atoms with E-state index in [9.17, 15) is 34.5 Å². The van der Waals surface area contributed by atoms with Crippen molar-refractivity contribution < 1.29 is 48.7 Å². The van der Waals surface area contributed by atoms with Crippen LogP contribution in [0.5, 0.6) is 0 Å². The Labute approximate surface area is 174 Å². The molecule has 3 unspecified atom stereocenters. The summed E-state index contributed by atoms with van der Waals surface area (Å²) in [6.45, 7) is -1.14. The summed E-state index contributed by atoms with van der Waals surface area (Å²) in [5, 5.41) is 28.2. The van der Waals surface area contributed by atoms with Gasteiger partial charge in [-0.05, 0) is 18.9 Å². The van der Waals surface area contributed by atoms with Gasteiger partial charge in [0.25, 0.3) is 5.60 Å². The molecule has 1 saturated heterocycles. The molecule has 0 aliphatic carbocycles. The normalized spacial score (nSPS) is 25.1. The predicted molar refractivity (Wildman–Crippen MR) is 102 cm³/mol. The van der Waals surface area contributed by atoms with Crippen LogP contribution in [-0.4, -0.2) is 76.6 Å². The first-order valence-corrected chi connectivity index (χ1v) is 10.0. The summed E-state index contributed by atoms with van der Waals surface area (Å²) in [7, 11) is 0. The number of unbranched alkanes of at least 4 members (excludes halogenated alkanes) is 6. The third-order valence-electron chi connectivity index (χ3n) is 4.58. The molecule has 10 nitrogen and oxygen atoms in total. The van der Waals surface area contributed by atoms with E-state index < -0.39 is 61.3 Å². The molecule has 1 fully saturated rings. The van der Waals surface area contributed by atoms with Crippen LogP contribution in [0.1, 0.15) is 51.9 Å². The molecule has 30 heavy (non-hydrogen) atoms. The molecule has 3 atom stereocenters. The second kappa shape index (κ2) is 13.1. The minimum absolute atomic E-state index is 0.530. The maximum atomic E-state index is 12.7. The van der Waals surface area contributed by atoms with Gasteiger partial charge in [0.2, 0.25) is 18.0 Å². The number of hydrogen-bond donors (Lipinski definition) is 3. The maximum Gasteiger partial charge on any atom is 0.362 e. The van der Waals surface area contributed by atoms with Crippen LogP contribution in [0, 0.1) is 0 Å². The Morgan fingerprint density at radius 3 is 2.13 bits per heavy atom. The SMILES string of the molecule is CCCCCCCC/C=C/C(=O)C1(CO)OC(=O)C(CO)OC(=O)C(CO)OC1=O. The third-order valence-corrected chi connectivity index (χ3v) is 4.58. The fraction of sp³-hybridized carbons (Fsp3) is 0.700. The lowest BCUT2D eigenvalue weighted by Crippen LogP contribution is -2.55. The summed E-state index contributed by atoms with van der Waals surface area (Å²) in [5.41, 5.74) is -2.77. The highest BCUT2D eigenvalue weighted by Gasteiger charge is 2.53. The summed E-state index contributed by atoms with van der Waals surface area (Å²) in [4.78, 5) is 49.2. The van der Waals surface area contributed by atoms with E-state index >= 15 is 0 Å². The Balaban J connectivity index is 2.94. The van der Waals surface area contributed by atoms with Gasteiger partial charge in [0.05, 0.1) is 13.2 Å². The number of aliphatic hydroxyl groups is 3. The van der Waals surface area contributed by atoms with Gasteiger partial charge in [0.1, 0.15) is 6.61 Å². The highest BCUT2D eigenvalue weighted by atomic mass is 16.7. The van der Waals surface area contributed by atoms with Crippen molar-refractivity contribution in [1.82, 2.24) is 0 Å². The lowest BCUT2D eigenvalue weighted by atomic mass is 9.97. The number of aliphatic hydroxyl groups excluding tert-OH is 3. The van der Waals surface area contributed by atoms with Crippen molar-refractivity contribution in [3.05, 3.63) is 12.2 Å². The number of rotatable bonds is 12. The number of allylic oxidation sites excluding steroid dienone is 1. The molecular weight excluding hydrogens is 400 g/mol. The van der Waals surface area contributed by atoms with Crippen molar-refractivity contribution in [2.75, 3.05) is 19.8 Å². The standard InChI is InChI=1S/C20H30O10/c1-2-3-4-5-6-7-8-9-10-16(24)20(13-23)19(27)29-14(11-21)17(25)28-15(12-22)18(26)30-20/h9-10,14-15,21-23H,2-8,11-13H2,1H3/b10-9+. The zero-order valence-electron chi connectivity index (χ0n) is 17.1. The van der Waals surface area contributed by atoms with Crippen LogP contribution in [0.4, 0.5) is 0 Å². The zero-order valence-corrected chi connectivity index (χ0v) is 17.1. The van der Waals surface area contributed by atoms with Crippen LogP contribution >= 0.6 is 0 Å². The predicted octanol–water partition coefficient (Wildman–Crippen LogP) is -0.0416. The number of carbonyl (C=O) groups excluding carboxylic acids is 4. The summed E-state index contributed by atoms with van der Waals surface area (Å²) in [6.07, 6.45) is 5.59. The van der Waals surface area contributed by atoms with Gasteiger partial charge in [-0.3, -0.25) is 4.79 Å². The highest BCUT2D eigenvalue weighted by molar-refractivity contribution is 6.14. The monoisotopic (exact) mass is 430 g/mol. The van der Waals surface area contributed by atoms with Gasteiger partial charge in [-0.15, -0.1) is 0 Å². The average Bonchev–Trinajstić information content (AvgIpc) is 2.78. The van der Waals surface area contributed by atoms with Crippen molar-refractivity contribution in [3.8, 4) is 0 Å². The topological polar surface area (TPSA) is 157 Å². The molecule has 0 amide bonds. The molecule has 3 N–H and O–H groups in total. The second-order valence-electron chi connectivity index (χ2n) is 6.91. The third kappa shape index (κ3) is 6.89. The molecule has 0 aromatic heterocycles. The Kier molecular flexibility index (Phi) is 11.2. The molecule has 0 bridgehead atoms. The number of ether oxygens (including phenoxy) is 3. The van der Waals surface area contributed by atoms with E-state index in [1.54, 1.807) is 0 Å². The minimum atomic E-state index is -2.77. The molecule has 1 heterocycles. The Hall–Kier alpha value is -2.30. The average molecular weight is 430 g/mol. The molecule has 1 aliphatic heterocycles. The van der Waals surface area contributed by atoms with Crippen molar-refractivity contribution in [2.24, 2.45) is 0 Å². The molecule has 0 saturated carbocycles. The minimum Gasteiger partial charge on any atom is -0.445 e. The first-order valence-electron chi connectivity index (χ1n) is 10.0. The van der Waals surface area contributed by atoms with E-state index in [1.165, 1.54) is 6.08 Å². The Morgan fingerprint density at radius 1 is 0.933 bits per heavy atom. The summed E-state index contributed by atoms with van der Waals surface area (Å²) in [5.74, 6) is -5.31. The van der Waals surface area contributed by atoms with Crippen LogP contribution in [-0.2, 0) is 33.4 Å². The van der Waals surface area contributed by atoms with Crippen LogP contribution in [0.25, 0.3) is 0 Å². The van der Waals surface area contributed by atoms with Crippen molar-refractivity contribution >= 4 is 23.7 Å². The molecular formula is C20H30O10. The van der Waals surface area contributed by atoms with Crippen LogP contribution in [0.3, 0.4) is 0 Å². The highest BCUT2D eigenvalue weighted by Crippen LogP contribution is 2.21. The van der Waals surface area contributed by atoms with E-state index in [0.717, 1.165) is 44.6 Å². The first-order chi connectivity index (χ1) is 14.4. The van der Waals surface area contributed by atoms with E-state index in [2.05, 4.69) is 11.7 Å². The fourth-order valence-corrected chi connectivity index (χ4v) is 2.73. The van der Waals surface area contributed by atoms with E-state index in [0.29, 0.717) is 6.42 Å². The van der Waals surface area contributed by atoms with E-state index in [-0.39, 0.29) is 0 Å². The summed E-state index contributed by atoms with van der Waals surface area (Å²) in [6, 6.07) is 0. The fourth-order valence-electron chi connectivity index (χ4n) is 2.73. The number of ketones is 1. The van der Waals surface area contributed by atoms with Crippen LogP contribution in [0.15, 0.2) is 12.2 Å². The van der Waals surface area contributed by atoms with Gasteiger partial charge in [-0.1, -0.05) is 45.1 Å². The molecule has 0 aromatic carbocycles. The zero-order chi connectivity index (χ0) is 22.6. The molecule has 1 aliphatic rings. The van der Waals surface area contributed by atoms with Gasteiger partial charge >= 0.3 is 17.9 Å². The number of hydrogen-bond acceptors (Lipinski definition) is 10. The maximum absolute atomic E-state index is 12.7. The van der Waals surface area contributed by atoms with Crippen LogP contribution in [0.2, 0.25) is 0 Å². The van der Waals surface area contributed by atoms with Crippen LogP contribution < -0.4 is 0 Å². The van der Waals surface area contributed by atoms with Gasteiger partial charge in [0.15, 0.2) is 0 Å². The van der Waals surface area contributed by atoms with Gasteiger partial charge in [-0.2, -0.15) is 0 Å². The second-order valence-corrected chi connectivity index (χ2v) is 6.91. The summed E-state index contributed by atoms with van der Waals surface area (Å²) >= 11 is 0. The quantitative estimate of drug-likeness (QED) is 0.126. The summed E-state index contributed by atoms with van der Waals surface area (Å²) < 4.78 is 14.3. The first kappa shape index (κ1) is 25.7. The molecule has 0 radical (unpaired) electrons. The molecule has 10 heteroatoms. The van der Waals surface area contributed by atoms with Gasteiger partial charge < -0.3 is 29.5 Å². The lowest BCUT2D eigenvalue weighted by molar-refractivity contribution is -0.193. The van der Waals surface area contributed by atoms with E-state index in [4.69, 9.17) is 9.47 Å². The lowest BCUT2D eigenvalue weighted by Gasteiger charge is -2.27. The molecule has 0 aromatic rings. The Bertz CT molecular complexity index is 627. The van der Waals surface area contributed by atoms with Gasteiger partial charge in [-0.25, -0.2) is 14.4 Å². The largest absolute Gasteiger partial charge is 0.445 e. The van der Waals surface area contributed by atoms with Crippen molar-refractivity contribution in [1.29, 1.82) is 0 Å². The van der Waals surface area contributed by atoms with Crippen molar-refractivity contribution in [3.63, 3.8) is 0 Å². The van der Waals surface area contributed by atoms with E-state index in [1.807, 2.05) is 0 Å². The molecule has 0 spiro atoms. The number of cyclic esters (lactones) is 3. The Morgan fingerprint density at radius 2 is 1.53 bits per heavy atom.